The lowest BCUT2D eigenvalue weighted by atomic mass is 10.1. The van der Waals surface area contributed by atoms with Gasteiger partial charge in [0.2, 0.25) is 0 Å². The molecule has 0 amide bonds. The van der Waals surface area contributed by atoms with Gasteiger partial charge in [0.1, 0.15) is 0 Å². The van der Waals surface area contributed by atoms with E-state index < -0.39 is 0 Å². The molecule has 1 rings (SSSR count). The van der Waals surface area contributed by atoms with Gasteiger partial charge in [-0.1, -0.05) is 0 Å². The third-order valence-electron chi connectivity index (χ3n) is 1.42. The van der Waals surface area contributed by atoms with Crippen LogP contribution >= 0.6 is 0 Å². The van der Waals surface area contributed by atoms with Gasteiger partial charge in [0.15, 0.2) is 0 Å². The molecule has 3 nitrogen and oxygen atoms in total. The number of hydrogen-bond donors (Lipinski definition) is 2. The van der Waals surface area contributed by atoms with E-state index in [1.807, 2.05) is 6.92 Å². The van der Waals surface area contributed by atoms with Gasteiger partial charge in [-0.3, -0.25) is 10.9 Å². The third-order valence-corrected chi connectivity index (χ3v) is 1.42. The van der Waals surface area contributed by atoms with E-state index in [4.69, 9.17) is 5.26 Å². The number of hydrogen-bond acceptors (Lipinski definition) is 3. The molecule has 1 fully saturated rings. The average molecular weight is 111 g/mol. The summed E-state index contributed by atoms with van der Waals surface area (Å²) in [5.74, 6) is 0.148. The highest BCUT2D eigenvalue weighted by Crippen LogP contribution is 2.03. The van der Waals surface area contributed by atoms with Gasteiger partial charge in [0.25, 0.3) is 0 Å². The fourth-order valence-corrected chi connectivity index (χ4v) is 0.765. The molecule has 0 unspecified atom stereocenters. The monoisotopic (exact) mass is 111 g/mol. The lowest BCUT2D eigenvalue weighted by molar-refractivity contribution is 0.561. The quantitative estimate of drug-likeness (QED) is 0.448. The normalized spacial score (nSPS) is 37.0. The Hall–Kier alpha value is -0.590. The van der Waals surface area contributed by atoms with E-state index in [1.165, 1.54) is 0 Å². The number of nitrogens with zero attached hydrogens (tertiary/aromatic N) is 1. The average Bonchev–Trinajstić information content (AvgIpc) is 2.14. The van der Waals surface area contributed by atoms with Crippen LogP contribution in [0, 0.1) is 17.2 Å². The summed E-state index contributed by atoms with van der Waals surface area (Å²) in [6.07, 6.45) is 0. The van der Waals surface area contributed by atoms with E-state index >= 15 is 0 Å². The number of nitrogens with one attached hydrogen (secondary N) is 2. The Morgan fingerprint density at radius 3 is 2.75 bits per heavy atom. The smallest absolute Gasteiger partial charge is 0.0765 e. The predicted molar refractivity (Wildman–Crippen MR) is 29.7 cm³/mol. The van der Waals surface area contributed by atoms with Crippen molar-refractivity contribution in [1.29, 1.82) is 5.26 Å². The minimum Gasteiger partial charge on any atom is -0.256 e. The standard InChI is InChI=1S/C5H9N3/c1-4-5(2-6)3-7-8-4/h4-5,7-8H,3H2,1H3/t4-,5-/m1/s1. The van der Waals surface area contributed by atoms with Crippen molar-refractivity contribution in [3.8, 4) is 6.07 Å². The molecule has 0 aromatic rings. The van der Waals surface area contributed by atoms with Gasteiger partial charge in [-0.25, -0.2) is 0 Å². The first kappa shape index (κ1) is 5.54. The van der Waals surface area contributed by atoms with E-state index in [0.29, 0.717) is 6.04 Å². The van der Waals surface area contributed by atoms with Crippen molar-refractivity contribution in [2.24, 2.45) is 5.92 Å². The van der Waals surface area contributed by atoms with Crippen molar-refractivity contribution in [2.45, 2.75) is 13.0 Å². The summed E-state index contributed by atoms with van der Waals surface area (Å²) in [5.41, 5.74) is 5.85. The first-order valence-corrected chi connectivity index (χ1v) is 2.72. The molecule has 1 aliphatic heterocycles. The van der Waals surface area contributed by atoms with Crippen LogP contribution in [0.4, 0.5) is 0 Å². The maximum Gasteiger partial charge on any atom is 0.0765 e. The Bertz CT molecular complexity index is 115. The Kier molecular flexibility index (Phi) is 1.47. The Morgan fingerprint density at radius 2 is 2.50 bits per heavy atom. The van der Waals surface area contributed by atoms with Crippen LogP contribution in [0.3, 0.4) is 0 Å². The van der Waals surface area contributed by atoms with Crippen molar-refractivity contribution in [2.75, 3.05) is 6.54 Å². The molecule has 1 saturated heterocycles. The molecule has 1 aliphatic rings. The summed E-state index contributed by atoms with van der Waals surface area (Å²) in [7, 11) is 0. The summed E-state index contributed by atoms with van der Waals surface area (Å²) in [5, 5.41) is 8.41. The molecule has 2 atom stereocenters. The lowest BCUT2D eigenvalue weighted by Crippen LogP contribution is -2.28. The zero-order valence-corrected chi connectivity index (χ0v) is 4.81. The summed E-state index contributed by atoms with van der Waals surface area (Å²) in [6.45, 7) is 2.77. The van der Waals surface area contributed by atoms with E-state index in [0.717, 1.165) is 6.54 Å². The topological polar surface area (TPSA) is 47.8 Å². The maximum absolute atomic E-state index is 8.41. The van der Waals surface area contributed by atoms with Gasteiger partial charge in [-0.2, -0.15) is 5.26 Å². The van der Waals surface area contributed by atoms with E-state index in [1.54, 1.807) is 0 Å². The van der Waals surface area contributed by atoms with Crippen LogP contribution < -0.4 is 10.9 Å². The summed E-state index contributed by atoms with van der Waals surface area (Å²) >= 11 is 0. The highest BCUT2D eigenvalue weighted by molar-refractivity contribution is 4.94. The van der Waals surface area contributed by atoms with Crippen molar-refractivity contribution >= 4 is 0 Å². The molecule has 0 bridgehead atoms. The fourth-order valence-electron chi connectivity index (χ4n) is 0.765. The van der Waals surface area contributed by atoms with Crippen LogP contribution in [-0.4, -0.2) is 12.6 Å². The van der Waals surface area contributed by atoms with Crippen LogP contribution in [0.5, 0.6) is 0 Å². The van der Waals surface area contributed by atoms with Crippen LogP contribution in [0.25, 0.3) is 0 Å². The molecule has 0 aromatic carbocycles. The van der Waals surface area contributed by atoms with Crippen LogP contribution in [0.15, 0.2) is 0 Å². The van der Waals surface area contributed by atoms with Gasteiger partial charge < -0.3 is 0 Å². The SMILES string of the molecule is C[C@H]1NNC[C@H]1C#N. The lowest BCUT2D eigenvalue weighted by Gasteiger charge is -2.01. The summed E-state index contributed by atoms with van der Waals surface area (Å²) < 4.78 is 0. The molecule has 0 aromatic heterocycles. The molecule has 0 aliphatic carbocycles. The molecule has 3 heteroatoms. The first-order chi connectivity index (χ1) is 3.84. The van der Waals surface area contributed by atoms with Crippen molar-refractivity contribution in [3.05, 3.63) is 0 Å². The second-order valence-corrected chi connectivity index (χ2v) is 2.05. The zero-order chi connectivity index (χ0) is 5.98. The van der Waals surface area contributed by atoms with Gasteiger partial charge in [-0.05, 0) is 6.92 Å². The molecular weight excluding hydrogens is 102 g/mol. The maximum atomic E-state index is 8.41. The second-order valence-electron chi connectivity index (χ2n) is 2.05. The Balaban J connectivity index is 2.45. The van der Waals surface area contributed by atoms with Gasteiger partial charge in [0, 0.05) is 12.6 Å². The minimum atomic E-state index is 0.148. The third kappa shape index (κ3) is 0.808. The molecule has 0 radical (unpaired) electrons. The van der Waals surface area contributed by atoms with E-state index in [2.05, 4.69) is 16.9 Å². The fraction of sp³-hybridized carbons (Fsp3) is 0.800. The number of hydrazine groups is 1. The van der Waals surface area contributed by atoms with Crippen LogP contribution in [0.2, 0.25) is 0 Å². The molecular formula is C5H9N3. The van der Waals surface area contributed by atoms with Gasteiger partial charge in [-0.15, -0.1) is 0 Å². The highest BCUT2D eigenvalue weighted by Gasteiger charge is 2.21. The largest absolute Gasteiger partial charge is 0.256 e. The highest BCUT2D eigenvalue weighted by atomic mass is 15.4. The Labute approximate surface area is 48.7 Å². The first-order valence-electron chi connectivity index (χ1n) is 2.72. The van der Waals surface area contributed by atoms with Gasteiger partial charge >= 0.3 is 0 Å². The summed E-state index contributed by atoms with van der Waals surface area (Å²) in [6, 6.07) is 2.49. The van der Waals surface area contributed by atoms with Gasteiger partial charge in [0.05, 0.1) is 12.0 Å². The molecule has 1 heterocycles. The van der Waals surface area contributed by atoms with E-state index in [-0.39, 0.29) is 5.92 Å². The van der Waals surface area contributed by atoms with Crippen LogP contribution in [0.1, 0.15) is 6.92 Å². The molecule has 0 spiro atoms. The summed E-state index contributed by atoms with van der Waals surface area (Å²) in [4.78, 5) is 0. The predicted octanol–water partition coefficient (Wildman–Crippen LogP) is -0.378. The number of rotatable bonds is 0. The zero-order valence-electron chi connectivity index (χ0n) is 4.81. The second kappa shape index (κ2) is 2.12. The van der Waals surface area contributed by atoms with Crippen molar-refractivity contribution < 1.29 is 0 Å². The molecule has 44 valence electrons. The molecule has 0 saturated carbocycles. The van der Waals surface area contributed by atoms with Crippen molar-refractivity contribution in [3.63, 3.8) is 0 Å². The minimum absolute atomic E-state index is 0.148. The number of nitriles is 1. The van der Waals surface area contributed by atoms with Crippen molar-refractivity contribution in [1.82, 2.24) is 10.9 Å². The molecule has 2 N–H and O–H groups in total. The molecule has 8 heavy (non-hydrogen) atoms. The Morgan fingerprint density at radius 1 is 1.75 bits per heavy atom. The van der Waals surface area contributed by atoms with E-state index in [9.17, 15) is 0 Å². The van der Waals surface area contributed by atoms with Crippen LogP contribution in [-0.2, 0) is 0 Å².